The number of aliphatic carboxylic acids is 1. The maximum atomic E-state index is 11.3. The van der Waals surface area contributed by atoms with Crippen LogP contribution in [0.5, 0.6) is 0 Å². The molecule has 0 amide bonds. The number of carboxylic acids is 1. The summed E-state index contributed by atoms with van der Waals surface area (Å²) >= 11 is 0. The summed E-state index contributed by atoms with van der Waals surface area (Å²) in [6.45, 7) is 1.35. The molecule has 0 saturated heterocycles. The van der Waals surface area contributed by atoms with Crippen LogP contribution in [0.25, 0.3) is 0 Å². The fraction of sp³-hybridized carbons (Fsp3) is 0.750. The number of rotatable bonds is 7. The lowest BCUT2D eigenvalue weighted by Gasteiger charge is -2.11. The topological polar surface area (TPSA) is 110 Å². The minimum Gasteiger partial charge on any atom is -0.481 e. The molecule has 0 aromatic carbocycles. The van der Waals surface area contributed by atoms with Crippen LogP contribution in [-0.2, 0) is 24.3 Å². The van der Waals surface area contributed by atoms with Crippen LogP contribution >= 0.6 is 0 Å². The largest absolute Gasteiger partial charge is 0.481 e. The Kier molecular flexibility index (Phi) is 5.97. The van der Waals surface area contributed by atoms with E-state index >= 15 is 0 Å². The summed E-state index contributed by atoms with van der Waals surface area (Å²) in [6.07, 6.45) is -0.230. The van der Waals surface area contributed by atoms with Gasteiger partial charge in [0.1, 0.15) is 6.04 Å². The number of carbonyl (C=O) groups excluding carboxylic acids is 1. The van der Waals surface area contributed by atoms with Crippen LogP contribution in [0.15, 0.2) is 0 Å². The van der Waals surface area contributed by atoms with Crippen LogP contribution in [-0.4, -0.2) is 44.4 Å². The van der Waals surface area contributed by atoms with E-state index in [4.69, 9.17) is 5.11 Å². The number of esters is 1. The summed E-state index contributed by atoms with van der Waals surface area (Å²) in [7, 11) is -2.50. The van der Waals surface area contributed by atoms with Gasteiger partial charge >= 0.3 is 11.9 Å². The highest BCUT2D eigenvalue weighted by Crippen LogP contribution is 1.97. The van der Waals surface area contributed by atoms with Gasteiger partial charge in [0.15, 0.2) is 0 Å². The molecule has 7 nitrogen and oxygen atoms in total. The standard InChI is InChI=1S/C8H15NO6S/c1-6(8(12)15-2)9-16(13,14)5-3-4-7(10)11/h6,9H,3-5H2,1-2H3,(H,10,11). The van der Waals surface area contributed by atoms with Crippen LogP contribution in [0.2, 0.25) is 0 Å². The molecule has 1 atom stereocenters. The fourth-order valence-corrected chi connectivity index (χ4v) is 2.24. The number of carboxylic acid groups (broad SMARTS) is 1. The van der Waals surface area contributed by atoms with Crippen molar-refractivity contribution in [3.8, 4) is 0 Å². The van der Waals surface area contributed by atoms with Gasteiger partial charge in [0, 0.05) is 6.42 Å². The predicted molar refractivity (Wildman–Crippen MR) is 55.3 cm³/mol. The monoisotopic (exact) mass is 253 g/mol. The predicted octanol–water partition coefficient (Wildman–Crippen LogP) is -0.668. The van der Waals surface area contributed by atoms with Gasteiger partial charge in [-0.3, -0.25) is 9.59 Å². The Morgan fingerprint density at radius 1 is 1.44 bits per heavy atom. The molecular formula is C8H15NO6S. The molecule has 0 rings (SSSR count). The molecule has 8 heteroatoms. The van der Waals surface area contributed by atoms with Gasteiger partial charge in [-0.1, -0.05) is 0 Å². The van der Waals surface area contributed by atoms with E-state index in [2.05, 4.69) is 9.46 Å². The molecule has 0 saturated carbocycles. The van der Waals surface area contributed by atoms with Gasteiger partial charge in [0.2, 0.25) is 10.0 Å². The minimum atomic E-state index is -3.65. The number of nitrogens with one attached hydrogen (secondary N) is 1. The Hall–Kier alpha value is -1.15. The second-order valence-corrected chi connectivity index (χ2v) is 5.05. The van der Waals surface area contributed by atoms with Crippen LogP contribution in [0.1, 0.15) is 19.8 Å². The van der Waals surface area contributed by atoms with Crippen molar-refractivity contribution in [1.82, 2.24) is 4.72 Å². The van der Waals surface area contributed by atoms with E-state index in [1.807, 2.05) is 0 Å². The van der Waals surface area contributed by atoms with Crippen molar-refractivity contribution in [2.75, 3.05) is 12.9 Å². The van der Waals surface area contributed by atoms with Gasteiger partial charge < -0.3 is 9.84 Å². The lowest BCUT2D eigenvalue weighted by Crippen LogP contribution is -2.40. The Morgan fingerprint density at radius 2 is 2.00 bits per heavy atom. The van der Waals surface area contributed by atoms with Crippen molar-refractivity contribution in [3.05, 3.63) is 0 Å². The summed E-state index contributed by atoms with van der Waals surface area (Å²) in [5.41, 5.74) is 0. The molecular weight excluding hydrogens is 238 g/mol. The summed E-state index contributed by atoms with van der Waals surface area (Å²) in [6, 6.07) is -0.972. The number of carbonyl (C=O) groups is 2. The van der Waals surface area contributed by atoms with Crippen LogP contribution in [0, 0.1) is 0 Å². The third-order valence-corrected chi connectivity index (χ3v) is 3.25. The first-order valence-corrected chi connectivity index (χ1v) is 6.23. The van der Waals surface area contributed by atoms with E-state index < -0.39 is 28.0 Å². The van der Waals surface area contributed by atoms with Crippen molar-refractivity contribution < 1.29 is 27.9 Å². The smallest absolute Gasteiger partial charge is 0.323 e. The molecule has 0 aromatic rings. The molecule has 0 fully saturated rings. The quantitative estimate of drug-likeness (QED) is 0.582. The van der Waals surface area contributed by atoms with Gasteiger partial charge in [0.05, 0.1) is 12.9 Å². The van der Waals surface area contributed by atoms with E-state index in [-0.39, 0.29) is 18.6 Å². The Morgan fingerprint density at radius 3 is 2.44 bits per heavy atom. The molecule has 0 aliphatic heterocycles. The van der Waals surface area contributed by atoms with E-state index in [1.54, 1.807) is 0 Å². The van der Waals surface area contributed by atoms with Crippen molar-refractivity contribution in [2.45, 2.75) is 25.8 Å². The first kappa shape index (κ1) is 14.8. The zero-order chi connectivity index (χ0) is 12.8. The fourth-order valence-electron chi connectivity index (χ4n) is 0.967. The Balaban J connectivity index is 4.15. The maximum Gasteiger partial charge on any atom is 0.323 e. The summed E-state index contributed by atoms with van der Waals surface area (Å²) in [4.78, 5) is 21.1. The second kappa shape index (κ2) is 6.44. The Labute approximate surface area is 93.8 Å². The van der Waals surface area contributed by atoms with Crippen molar-refractivity contribution in [1.29, 1.82) is 0 Å². The first-order chi connectivity index (χ1) is 7.28. The van der Waals surface area contributed by atoms with Crippen molar-refractivity contribution >= 4 is 22.0 Å². The molecule has 0 spiro atoms. The van der Waals surface area contributed by atoms with E-state index in [9.17, 15) is 18.0 Å². The van der Waals surface area contributed by atoms with Crippen molar-refractivity contribution in [2.24, 2.45) is 0 Å². The number of methoxy groups -OCH3 is 1. The van der Waals surface area contributed by atoms with Gasteiger partial charge in [-0.25, -0.2) is 13.1 Å². The highest BCUT2D eigenvalue weighted by Gasteiger charge is 2.20. The zero-order valence-electron chi connectivity index (χ0n) is 9.10. The number of hydrogen-bond donors (Lipinski definition) is 2. The third-order valence-electron chi connectivity index (χ3n) is 1.71. The molecule has 0 aliphatic rings. The van der Waals surface area contributed by atoms with Gasteiger partial charge in [-0.05, 0) is 13.3 Å². The molecule has 0 radical (unpaired) electrons. The normalized spacial score (nSPS) is 13.1. The van der Waals surface area contributed by atoms with Gasteiger partial charge in [0.25, 0.3) is 0 Å². The molecule has 0 heterocycles. The van der Waals surface area contributed by atoms with E-state index in [1.165, 1.54) is 6.92 Å². The highest BCUT2D eigenvalue weighted by molar-refractivity contribution is 7.89. The zero-order valence-corrected chi connectivity index (χ0v) is 9.91. The average molecular weight is 253 g/mol. The summed E-state index contributed by atoms with van der Waals surface area (Å²) in [5.74, 6) is -2.08. The SMILES string of the molecule is COC(=O)C(C)NS(=O)(=O)CCCC(=O)O. The lowest BCUT2D eigenvalue weighted by atomic mass is 10.3. The van der Waals surface area contributed by atoms with E-state index in [0.717, 1.165) is 7.11 Å². The number of ether oxygens (including phenoxy) is 1. The molecule has 94 valence electrons. The summed E-state index contributed by atoms with van der Waals surface area (Å²) in [5, 5.41) is 8.33. The number of hydrogen-bond acceptors (Lipinski definition) is 5. The molecule has 1 unspecified atom stereocenters. The van der Waals surface area contributed by atoms with Crippen LogP contribution in [0.4, 0.5) is 0 Å². The molecule has 16 heavy (non-hydrogen) atoms. The second-order valence-electron chi connectivity index (χ2n) is 3.18. The lowest BCUT2D eigenvalue weighted by molar-refractivity contribution is -0.142. The highest BCUT2D eigenvalue weighted by atomic mass is 32.2. The van der Waals surface area contributed by atoms with E-state index in [0.29, 0.717) is 0 Å². The Bertz CT molecular complexity index is 350. The van der Waals surface area contributed by atoms with Crippen LogP contribution in [0.3, 0.4) is 0 Å². The number of sulfonamides is 1. The average Bonchev–Trinajstić information content (AvgIpc) is 2.14. The molecule has 2 N–H and O–H groups in total. The first-order valence-electron chi connectivity index (χ1n) is 4.58. The minimum absolute atomic E-state index is 0.00143. The van der Waals surface area contributed by atoms with Crippen LogP contribution < -0.4 is 4.72 Å². The summed E-state index contributed by atoms with van der Waals surface area (Å²) < 4.78 is 29.1. The third kappa shape index (κ3) is 6.36. The molecule has 0 bridgehead atoms. The van der Waals surface area contributed by atoms with Gasteiger partial charge in [-0.2, -0.15) is 0 Å². The van der Waals surface area contributed by atoms with Gasteiger partial charge in [-0.15, -0.1) is 0 Å². The molecule has 0 aromatic heterocycles. The molecule has 0 aliphatic carbocycles. The maximum absolute atomic E-state index is 11.3. The van der Waals surface area contributed by atoms with Crippen molar-refractivity contribution in [3.63, 3.8) is 0 Å².